The molecule has 0 spiro atoms. The molecule has 0 bridgehead atoms. The van der Waals surface area contributed by atoms with Crippen LogP contribution in [0.5, 0.6) is 0 Å². The van der Waals surface area contributed by atoms with Gasteiger partial charge in [-0.15, -0.1) is 0 Å². The summed E-state index contributed by atoms with van der Waals surface area (Å²) < 4.78 is 5.38. The second-order valence-electron chi connectivity index (χ2n) is 4.15. The lowest BCUT2D eigenvalue weighted by Crippen LogP contribution is -2.42. The Morgan fingerprint density at radius 3 is 2.79 bits per heavy atom. The molecular formula is C11H20N2O. The van der Waals surface area contributed by atoms with Gasteiger partial charge in [-0.25, -0.2) is 0 Å². The van der Waals surface area contributed by atoms with E-state index in [4.69, 9.17) is 10.00 Å². The van der Waals surface area contributed by atoms with Crippen molar-refractivity contribution in [1.82, 2.24) is 4.90 Å². The highest BCUT2D eigenvalue weighted by molar-refractivity contribution is 4.91. The number of nitriles is 1. The van der Waals surface area contributed by atoms with E-state index in [1.807, 2.05) is 14.0 Å². The number of nitrogens with zero attached hydrogens (tertiary/aromatic N) is 2. The minimum atomic E-state index is 0.00982. The maximum Gasteiger partial charge on any atom is 0.0949 e. The lowest BCUT2D eigenvalue weighted by Gasteiger charge is -2.35. The Kier molecular flexibility index (Phi) is 4.37. The zero-order chi connectivity index (χ0) is 10.6. The van der Waals surface area contributed by atoms with Gasteiger partial charge in [0, 0.05) is 13.2 Å². The van der Waals surface area contributed by atoms with Crippen molar-refractivity contribution in [1.29, 1.82) is 5.26 Å². The van der Waals surface area contributed by atoms with Crippen LogP contribution in [0.2, 0.25) is 0 Å². The Morgan fingerprint density at radius 1 is 1.50 bits per heavy atom. The molecule has 3 heteroatoms. The van der Waals surface area contributed by atoms with Crippen molar-refractivity contribution < 1.29 is 4.74 Å². The standard InChI is InChI=1S/C11H20N2O/c1-9(8-12)13(2)10-5-4-6-11(7-10)14-3/h9-11H,4-7H2,1-3H3. The fourth-order valence-corrected chi connectivity index (χ4v) is 2.11. The molecule has 1 rings (SSSR count). The summed E-state index contributed by atoms with van der Waals surface area (Å²) in [5.41, 5.74) is 0. The Bertz CT molecular complexity index is 212. The SMILES string of the molecule is COC1CCCC(N(C)C(C)C#N)C1. The molecule has 0 saturated heterocycles. The third kappa shape index (κ3) is 2.70. The van der Waals surface area contributed by atoms with Crippen LogP contribution >= 0.6 is 0 Å². The van der Waals surface area contributed by atoms with Gasteiger partial charge in [0.25, 0.3) is 0 Å². The van der Waals surface area contributed by atoms with Gasteiger partial charge in [0.05, 0.1) is 18.2 Å². The number of hydrogen-bond acceptors (Lipinski definition) is 3. The van der Waals surface area contributed by atoms with E-state index in [1.165, 1.54) is 19.3 Å². The minimum absolute atomic E-state index is 0.00982. The predicted octanol–water partition coefficient (Wildman–Crippen LogP) is 1.79. The van der Waals surface area contributed by atoms with Crippen LogP contribution in [0.1, 0.15) is 32.6 Å². The van der Waals surface area contributed by atoms with Crippen LogP contribution in [0.4, 0.5) is 0 Å². The number of ether oxygens (including phenoxy) is 1. The van der Waals surface area contributed by atoms with Crippen LogP contribution in [-0.4, -0.2) is 37.2 Å². The van der Waals surface area contributed by atoms with Crippen molar-refractivity contribution in [2.75, 3.05) is 14.2 Å². The van der Waals surface area contributed by atoms with Crippen molar-refractivity contribution in [2.24, 2.45) is 0 Å². The van der Waals surface area contributed by atoms with Gasteiger partial charge in [-0.1, -0.05) is 0 Å². The fourth-order valence-electron chi connectivity index (χ4n) is 2.11. The fraction of sp³-hybridized carbons (Fsp3) is 0.909. The molecule has 80 valence electrons. The number of methoxy groups -OCH3 is 1. The smallest absolute Gasteiger partial charge is 0.0949 e. The first-order chi connectivity index (χ1) is 6.69. The van der Waals surface area contributed by atoms with Crippen LogP contribution < -0.4 is 0 Å². The van der Waals surface area contributed by atoms with E-state index in [0.29, 0.717) is 12.1 Å². The molecule has 0 aromatic carbocycles. The van der Waals surface area contributed by atoms with E-state index in [0.717, 1.165) is 6.42 Å². The molecule has 0 heterocycles. The van der Waals surface area contributed by atoms with E-state index < -0.39 is 0 Å². The molecule has 0 aliphatic heterocycles. The first kappa shape index (κ1) is 11.5. The summed E-state index contributed by atoms with van der Waals surface area (Å²) in [5.74, 6) is 0. The van der Waals surface area contributed by atoms with Gasteiger partial charge in [0.15, 0.2) is 0 Å². The summed E-state index contributed by atoms with van der Waals surface area (Å²) in [6.45, 7) is 1.95. The molecule has 0 N–H and O–H groups in total. The summed E-state index contributed by atoms with van der Waals surface area (Å²) in [5, 5.41) is 8.84. The number of hydrogen-bond donors (Lipinski definition) is 0. The van der Waals surface area contributed by atoms with Crippen molar-refractivity contribution in [3.05, 3.63) is 0 Å². The Balaban J connectivity index is 2.47. The topological polar surface area (TPSA) is 36.3 Å². The summed E-state index contributed by atoms with van der Waals surface area (Å²) >= 11 is 0. The highest BCUT2D eigenvalue weighted by atomic mass is 16.5. The average Bonchev–Trinajstić information content (AvgIpc) is 2.27. The number of rotatable bonds is 3. The molecule has 1 fully saturated rings. The monoisotopic (exact) mass is 196 g/mol. The molecule has 0 radical (unpaired) electrons. The van der Waals surface area contributed by atoms with Gasteiger partial charge in [-0.3, -0.25) is 4.90 Å². The quantitative estimate of drug-likeness (QED) is 0.690. The average molecular weight is 196 g/mol. The third-order valence-corrected chi connectivity index (χ3v) is 3.31. The van der Waals surface area contributed by atoms with Crippen LogP contribution in [0.3, 0.4) is 0 Å². The lowest BCUT2D eigenvalue weighted by atomic mass is 9.91. The molecule has 0 aromatic heterocycles. The second kappa shape index (κ2) is 5.33. The third-order valence-electron chi connectivity index (χ3n) is 3.31. The van der Waals surface area contributed by atoms with Gasteiger partial charge in [0.2, 0.25) is 0 Å². The molecule has 1 aliphatic rings. The molecule has 3 atom stereocenters. The van der Waals surface area contributed by atoms with E-state index >= 15 is 0 Å². The van der Waals surface area contributed by atoms with Gasteiger partial charge in [-0.2, -0.15) is 5.26 Å². The van der Waals surface area contributed by atoms with Crippen LogP contribution in [0.25, 0.3) is 0 Å². The lowest BCUT2D eigenvalue weighted by molar-refractivity contribution is 0.0307. The molecule has 14 heavy (non-hydrogen) atoms. The summed E-state index contributed by atoms with van der Waals surface area (Å²) in [6, 6.07) is 2.81. The first-order valence-corrected chi connectivity index (χ1v) is 5.33. The highest BCUT2D eigenvalue weighted by Gasteiger charge is 2.26. The van der Waals surface area contributed by atoms with E-state index in [1.54, 1.807) is 7.11 Å². The van der Waals surface area contributed by atoms with E-state index in [9.17, 15) is 0 Å². The maximum atomic E-state index is 8.84. The van der Waals surface area contributed by atoms with Gasteiger partial charge < -0.3 is 4.74 Å². The molecule has 1 aliphatic carbocycles. The van der Waals surface area contributed by atoms with Gasteiger partial charge in [0.1, 0.15) is 0 Å². The Morgan fingerprint density at radius 2 is 2.21 bits per heavy atom. The molecule has 3 unspecified atom stereocenters. The predicted molar refractivity (Wildman–Crippen MR) is 55.9 cm³/mol. The van der Waals surface area contributed by atoms with Crippen LogP contribution in [0.15, 0.2) is 0 Å². The summed E-state index contributed by atoms with van der Waals surface area (Å²) in [7, 11) is 3.82. The second-order valence-corrected chi connectivity index (χ2v) is 4.15. The summed E-state index contributed by atoms with van der Waals surface area (Å²) in [4.78, 5) is 2.17. The molecule has 0 amide bonds. The zero-order valence-electron chi connectivity index (χ0n) is 9.36. The van der Waals surface area contributed by atoms with E-state index in [2.05, 4.69) is 11.0 Å². The minimum Gasteiger partial charge on any atom is -0.381 e. The zero-order valence-corrected chi connectivity index (χ0v) is 9.36. The van der Waals surface area contributed by atoms with Crippen molar-refractivity contribution in [3.8, 4) is 6.07 Å². The van der Waals surface area contributed by atoms with Crippen LogP contribution in [-0.2, 0) is 4.74 Å². The molecule has 0 aromatic rings. The van der Waals surface area contributed by atoms with Crippen molar-refractivity contribution in [2.45, 2.75) is 50.8 Å². The Hall–Kier alpha value is -0.590. The van der Waals surface area contributed by atoms with Crippen molar-refractivity contribution >= 4 is 0 Å². The largest absolute Gasteiger partial charge is 0.381 e. The molecule has 3 nitrogen and oxygen atoms in total. The highest BCUT2D eigenvalue weighted by Crippen LogP contribution is 2.24. The first-order valence-electron chi connectivity index (χ1n) is 5.33. The summed E-state index contributed by atoms with van der Waals surface area (Å²) in [6.07, 6.45) is 5.04. The molecular weight excluding hydrogens is 176 g/mol. The van der Waals surface area contributed by atoms with Crippen LogP contribution in [0, 0.1) is 11.3 Å². The van der Waals surface area contributed by atoms with Crippen molar-refractivity contribution in [3.63, 3.8) is 0 Å². The normalized spacial score (nSPS) is 29.9. The van der Waals surface area contributed by atoms with Gasteiger partial charge >= 0.3 is 0 Å². The molecule has 1 saturated carbocycles. The maximum absolute atomic E-state index is 8.84. The Labute approximate surface area is 86.6 Å². The van der Waals surface area contributed by atoms with Gasteiger partial charge in [-0.05, 0) is 39.7 Å². The van der Waals surface area contributed by atoms with E-state index in [-0.39, 0.29) is 6.04 Å².